The lowest BCUT2D eigenvalue weighted by atomic mass is 10.1. The van der Waals surface area contributed by atoms with Gasteiger partial charge in [-0.15, -0.1) is 0 Å². The minimum absolute atomic E-state index is 0.131. The van der Waals surface area contributed by atoms with Crippen LogP contribution < -0.4 is 5.73 Å². The quantitative estimate of drug-likeness (QED) is 0.860. The maximum absolute atomic E-state index is 5.85. The Morgan fingerprint density at radius 1 is 1.35 bits per heavy atom. The molecule has 1 unspecified atom stereocenters. The number of nitrogens with two attached hydrogens (primary N) is 1. The van der Waals surface area contributed by atoms with Crippen molar-refractivity contribution in [3.63, 3.8) is 0 Å². The smallest absolute Gasteiger partial charge is 0.172 e. The van der Waals surface area contributed by atoms with E-state index in [2.05, 4.69) is 15.1 Å². The zero-order valence-corrected chi connectivity index (χ0v) is 10.4. The average molecular weight is 231 g/mol. The Labute approximate surface area is 101 Å². The monoisotopic (exact) mass is 231 g/mol. The average Bonchev–Trinajstić information content (AvgIpc) is 2.58. The Balaban J connectivity index is 2.44. The second-order valence-electron chi connectivity index (χ2n) is 4.31. The summed E-state index contributed by atoms with van der Waals surface area (Å²) < 4.78 is 1.82. The van der Waals surface area contributed by atoms with Gasteiger partial charge in [-0.3, -0.25) is 4.98 Å². The van der Waals surface area contributed by atoms with Crippen LogP contribution in [0.15, 0.2) is 18.6 Å². The largest absolute Gasteiger partial charge is 0.328 e. The predicted molar refractivity (Wildman–Crippen MR) is 66.0 cm³/mol. The van der Waals surface area contributed by atoms with Crippen molar-refractivity contribution in [2.75, 3.05) is 0 Å². The first-order valence-electron chi connectivity index (χ1n) is 5.66. The van der Waals surface area contributed by atoms with Crippen LogP contribution in [-0.4, -0.2) is 25.8 Å². The molecule has 0 bridgehead atoms. The molecule has 2 heterocycles. The maximum atomic E-state index is 5.85. The molecular formula is C12H17N5. The molecule has 17 heavy (non-hydrogen) atoms. The van der Waals surface area contributed by atoms with Crippen molar-refractivity contribution in [3.05, 3.63) is 35.5 Å². The van der Waals surface area contributed by atoms with E-state index in [1.165, 1.54) is 5.56 Å². The van der Waals surface area contributed by atoms with Gasteiger partial charge in [-0.1, -0.05) is 0 Å². The molecule has 0 aliphatic rings. The van der Waals surface area contributed by atoms with Gasteiger partial charge < -0.3 is 5.73 Å². The number of nitrogens with zero attached hydrogens (tertiary/aromatic N) is 4. The third-order valence-corrected chi connectivity index (χ3v) is 2.73. The van der Waals surface area contributed by atoms with E-state index in [0.29, 0.717) is 0 Å². The van der Waals surface area contributed by atoms with Gasteiger partial charge in [0.2, 0.25) is 0 Å². The maximum Gasteiger partial charge on any atom is 0.172 e. The van der Waals surface area contributed by atoms with Crippen molar-refractivity contribution in [3.8, 4) is 5.82 Å². The summed E-state index contributed by atoms with van der Waals surface area (Å²) in [5, 5.41) is 4.49. The van der Waals surface area contributed by atoms with Crippen LogP contribution in [0.4, 0.5) is 0 Å². The topological polar surface area (TPSA) is 69.6 Å². The molecule has 0 aliphatic carbocycles. The van der Waals surface area contributed by atoms with Gasteiger partial charge in [0.25, 0.3) is 0 Å². The molecule has 2 N–H and O–H groups in total. The molecule has 5 nitrogen and oxygen atoms in total. The molecule has 2 aromatic heterocycles. The van der Waals surface area contributed by atoms with Crippen LogP contribution in [0.3, 0.4) is 0 Å². The standard InChI is InChI=1S/C12H17N5/c1-8(13)6-11-9(2)16-17(10(11)3)12-7-14-4-5-15-12/h4-5,7-8H,6,13H2,1-3H3. The summed E-state index contributed by atoms with van der Waals surface area (Å²) in [6, 6.07) is 0.131. The highest BCUT2D eigenvalue weighted by molar-refractivity contribution is 5.31. The molecule has 90 valence electrons. The number of aryl methyl sites for hydroxylation is 1. The summed E-state index contributed by atoms with van der Waals surface area (Å²) in [7, 11) is 0. The molecule has 2 rings (SSSR count). The zero-order chi connectivity index (χ0) is 12.4. The van der Waals surface area contributed by atoms with Crippen molar-refractivity contribution < 1.29 is 0 Å². The number of hydrogen-bond acceptors (Lipinski definition) is 4. The minimum Gasteiger partial charge on any atom is -0.328 e. The lowest BCUT2D eigenvalue weighted by Gasteiger charge is -2.06. The summed E-state index contributed by atoms with van der Waals surface area (Å²) in [5.41, 5.74) is 9.13. The zero-order valence-electron chi connectivity index (χ0n) is 10.4. The molecule has 5 heteroatoms. The van der Waals surface area contributed by atoms with Crippen LogP contribution in [-0.2, 0) is 6.42 Å². The Morgan fingerprint density at radius 2 is 2.12 bits per heavy atom. The predicted octanol–water partition coefficient (Wildman–Crippen LogP) is 1.17. The molecular weight excluding hydrogens is 214 g/mol. The summed E-state index contributed by atoms with van der Waals surface area (Å²) in [5.74, 6) is 0.740. The van der Waals surface area contributed by atoms with E-state index < -0.39 is 0 Å². The molecule has 0 aromatic carbocycles. The van der Waals surface area contributed by atoms with Crippen LogP contribution in [0.2, 0.25) is 0 Å². The highest BCUT2D eigenvalue weighted by atomic mass is 15.3. The van der Waals surface area contributed by atoms with Crippen LogP contribution >= 0.6 is 0 Å². The summed E-state index contributed by atoms with van der Waals surface area (Å²) >= 11 is 0. The molecule has 0 spiro atoms. The van der Waals surface area contributed by atoms with E-state index in [1.807, 2.05) is 25.5 Å². The Morgan fingerprint density at radius 3 is 2.71 bits per heavy atom. The van der Waals surface area contributed by atoms with E-state index in [4.69, 9.17) is 5.73 Å². The molecule has 2 aromatic rings. The van der Waals surface area contributed by atoms with E-state index in [1.54, 1.807) is 18.6 Å². The van der Waals surface area contributed by atoms with Crippen molar-refractivity contribution in [1.82, 2.24) is 19.7 Å². The van der Waals surface area contributed by atoms with Gasteiger partial charge in [-0.05, 0) is 32.8 Å². The third-order valence-electron chi connectivity index (χ3n) is 2.73. The molecule has 0 amide bonds. The van der Waals surface area contributed by atoms with Crippen molar-refractivity contribution >= 4 is 0 Å². The van der Waals surface area contributed by atoms with Crippen molar-refractivity contribution in [2.45, 2.75) is 33.2 Å². The normalized spacial score (nSPS) is 12.7. The van der Waals surface area contributed by atoms with Gasteiger partial charge in [-0.2, -0.15) is 5.10 Å². The SMILES string of the molecule is Cc1nn(-c2cnccn2)c(C)c1CC(C)N. The first-order chi connectivity index (χ1) is 8.09. The second kappa shape index (κ2) is 4.63. The Kier molecular flexibility index (Phi) is 3.19. The van der Waals surface area contributed by atoms with Crippen molar-refractivity contribution in [2.24, 2.45) is 5.73 Å². The highest BCUT2D eigenvalue weighted by Gasteiger charge is 2.14. The summed E-state index contributed by atoms with van der Waals surface area (Å²) in [6.45, 7) is 6.03. The first kappa shape index (κ1) is 11.7. The molecule has 0 saturated heterocycles. The number of hydrogen-bond donors (Lipinski definition) is 1. The van der Waals surface area contributed by atoms with Crippen LogP contribution in [0.25, 0.3) is 5.82 Å². The van der Waals surface area contributed by atoms with Gasteiger partial charge in [0.15, 0.2) is 5.82 Å². The van der Waals surface area contributed by atoms with Gasteiger partial charge in [0.05, 0.1) is 11.9 Å². The van der Waals surface area contributed by atoms with E-state index in [0.717, 1.165) is 23.6 Å². The van der Waals surface area contributed by atoms with Gasteiger partial charge in [0, 0.05) is 24.1 Å². The summed E-state index contributed by atoms with van der Waals surface area (Å²) in [6.07, 6.45) is 5.85. The number of aromatic nitrogens is 4. The fourth-order valence-electron chi connectivity index (χ4n) is 1.92. The third kappa shape index (κ3) is 2.34. The Hall–Kier alpha value is -1.75. The van der Waals surface area contributed by atoms with Crippen LogP contribution in [0, 0.1) is 13.8 Å². The van der Waals surface area contributed by atoms with E-state index in [-0.39, 0.29) is 6.04 Å². The second-order valence-corrected chi connectivity index (χ2v) is 4.31. The fourth-order valence-corrected chi connectivity index (χ4v) is 1.92. The van der Waals surface area contributed by atoms with Crippen LogP contribution in [0.5, 0.6) is 0 Å². The van der Waals surface area contributed by atoms with Gasteiger partial charge in [0.1, 0.15) is 0 Å². The number of rotatable bonds is 3. The lowest BCUT2D eigenvalue weighted by Crippen LogP contribution is -2.18. The molecule has 0 saturated carbocycles. The lowest BCUT2D eigenvalue weighted by molar-refractivity contribution is 0.729. The van der Waals surface area contributed by atoms with Gasteiger partial charge in [-0.25, -0.2) is 9.67 Å². The molecule has 0 radical (unpaired) electrons. The molecule has 1 atom stereocenters. The van der Waals surface area contributed by atoms with Gasteiger partial charge >= 0.3 is 0 Å². The van der Waals surface area contributed by atoms with Crippen molar-refractivity contribution in [1.29, 1.82) is 0 Å². The van der Waals surface area contributed by atoms with E-state index >= 15 is 0 Å². The highest BCUT2D eigenvalue weighted by Crippen LogP contribution is 2.17. The first-order valence-corrected chi connectivity index (χ1v) is 5.66. The fraction of sp³-hybridized carbons (Fsp3) is 0.417. The molecule has 0 fully saturated rings. The van der Waals surface area contributed by atoms with Crippen LogP contribution in [0.1, 0.15) is 23.9 Å². The van der Waals surface area contributed by atoms with E-state index in [9.17, 15) is 0 Å². The summed E-state index contributed by atoms with van der Waals surface area (Å²) in [4.78, 5) is 8.30. The molecule has 0 aliphatic heterocycles. The minimum atomic E-state index is 0.131. The Bertz CT molecular complexity index is 501.